The summed E-state index contributed by atoms with van der Waals surface area (Å²) in [5, 5.41) is 0. The molecule has 0 fully saturated rings. The summed E-state index contributed by atoms with van der Waals surface area (Å²) in [4.78, 5) is 25.2. The number of carbonyl (C=O) groups excluding carboxylic acids is 2. The molecular weight excluding hydrogens is 494 g/mol. The van der Waals surface area contributed by atoms with Crippen LogP contribution in [0.2, 0.25) is 0 Å². The van der Waals surface area contributed by atoms with Crippen LogP contribution in [0.5, 0.6) is 0 Å². The summed E-state index contributed by atoms with van der Waals surface area (Å²) in [5.74, 6) is 2.62. The van der Waals surface area contributed by atoms with Crippen molar-refractivity contribution in [3.8, 4) is 0 Å². The van der Waals surface area contributed by atoms with Crippen molar-refractivity contribution < 1.29 is 14.3 Å². The quantitative estimate of drug-likeness (QED) is 0.0494. The average molecular weight is 566 g/mol. The Morgan fingerprint density at radius 3 is 1.65 bits per heavy atom. The van der Waals surface area contributed by atoms with Crippen molar-refractivity contribution in [2.45, 2.75) is 170 Å². The van der Waals surface area contributed by atoms with Crippen LogP contribution >= 0.6 is 0 Å². The van der Waals surface area contributed by atoms with Crippen LogP contribution in [0.15, 0.2) is 0 Å². The van der Waals surface area contributed by atoms with Crippen molar-refractivity contribution in [3.05, 3.63) is 0 Å². The van der Waals surface area contributed by atoms with Crippen LogP contribution in [-0.4, -0.2) is 43.4 Å². The number of ether oxygens (including phenoxy) is 1. The van der Waals surface area contributed by atoms with Gasteiger partial charge in [-0.3, -0.25) is 4.79 Å². The second-order valence-corrected chi connectivity index (χ2v) is 13.2. The molecular formula is C36H71NO3. The van der Waals surface area contributed by atoms with Gasteiger partial charge in [-0.2, -0.15) is 0 Å². The van der Waals surface area contributed by atoms with Gasteiger partial charge in [-0.25, -0.2) is 0 Å². The van der Waals surface area contributed by atoms with Crippen LogP contribution in [0.4, 0.5) is 0 Å². The van der Waals surface area contributed by atoms with Gasteiger partial charge in [-0.1, -0.05) is 125 Å². The Hall–Kier alpha value is -0.900. The van der Waals surface area contributed by atoms with E-state index in [4.69, 9.17) is 4.74 Å². The molecule has 40 heavy (non-hydrogen) atoms. The molecule has 0 radical (unpaired) electrons. The Labute approximate surface area is 251 Å². The van der Waals surface area contributed by atoms with Gasteiger partial charge >= 0.3 is 5.97 Å². The van der Waals surface area contributed by atoms with Gasteiger partial charge < -0.3 is 14.4 Å². The molecule has 238 valence electrons. The summed E-state index contributed by atoms with van der Waals surface area (Å²) in [6.07, 6.45) is 25.2. The summed E-state index contributed by atoms with van der Waals surface area (Å²) in [7, 11) is 0. The SMILES string of the molecule is CCN(CC)CC(CCCCCCCCCC=O)CCCCCCCCCC(=O)OCC(CCC(C)C)C(C)C. The van der Waals surface area contributed by atoms with Crippen LogP contribution in [-0.2, 0) is 14.3 Å². The van der Waals surface area contributed by atoms with Gasteiger partial charge in [-0.05, 0) is 68.9 Å². The van der Waals surface area contributed by atoms with E-state index in [2.05, 4.69) is 46.4 Å². The van der Waals surface area contributed by atoms with Gasteiger partial charge in [0.2, 0.25) is 0 Å². The summed E-state index contributed by atoms with van der Waals surface area (Å²) in [6, 6.07) is 0. The van der Waals surface area contributed by atoms with E-state index in [0.717, 1.165) is 57.4 Å². The standard InChI is InChI=1S/C36H71NO3/c1-7-37(8-2)30-34(24-20-16-12-9-10-15-19-23-29-38)25-21-17-13-11-14-18-22-26-36(39)40-31-35(33(5)6)28-27-32(3)4/h29,32-35H,7-28,30-31H2,1-6H3. The van der Waals surface area contributed by atoms with Crippen LogP contribution in [0.1, 0.15) is 170 Å². The van der Waals surface area contributed by atoms with E-state index < -0.39 is 0 Å². The Morgan fingerprint density at radius 1 is 0.675 bits per heavy atom. The number of hydrogen-bond donors (Lipinski definition) is 0. The largest absolute Gasteiger partial charge is 0.465 e. The minimum atomic E-state index is 0.00373. The molecule has 2 atom stereocenters. The van der Waals surface area contributed by atoms with Gasteiger partial charge in [0.15, 0.2) is 0 Å². The van der Waals surface area contributed by atoms with Gasteiger partial charge in [0.05, 0.1) is 6.61 Å². The highest BCUT2D eigenvalue weighted by Gasteiger charge is 2.16. The molecule has 0 aromatic rings. The lowest BCUT2D eigenvalue weighted by molar-refractivity contribution is -0.145. The highest BCUT2D eigenvalue weighted by Crippen LogP contribution is 2.22. The predicted octanol–water partition coefficient (Wildman–Crippen LogP) is 10.4. The molecule has 0 saturated carbocycles. The molecule has 0 amide bonds. The van der Waals surface area contributed by atoms with E-state index in [1.54, 1.807) is 0 Å². The Kier molecular flexibility index (Phi) is 27.6. The van der Waals surface area contributed by atoms with E-state index in [9.17, 15) is 9.59 Å². The van der Waals surface area contributed by atoms with E-state index in [-0.39, 0.29) is 5.97 Å². The zero-order valence-electron chi connectivity index (χ0n) is 28.0. The fourth-order valence-corrected chi connectivity index (χ4v) is 5.73. The van der Waals surface area contributed by atoms with E-state index in [0.29, 0.717) is 30.8 Å². The van der Waals surface area contributed by atoms with Gasteiger partial charge in [-0.15, -0.1) is 0 Å². The number of unbranched alkanes of at least 4 members (excludes halogenated alkanes) is 13. The second-order valence-electron chi connectivity index (χ2n) is 13.2. The average Bonchev–Trinajstić information content (AvgIpc) is 2.93. The molecule has 0 spiro atoms. The fraction of sp³-hybridized carbons (Fsp3) is 0.944. The lowest BCUT2D eigenvalue weighted by Gasteiger charge is -2.25. The Morgan fingerprint density at radius 2 is 1.18 bits per heavy atom. The van der Waals surface area contributed by atoms with Gasteiger partial charge in [0, 0.05) is 19.4 Å². The van der Waals surface area contributed by atoms with Crippen molar-refractivity contribution in [1.82, 2.24) is 4.90 Å². The monoisotopic (exact) mass is 566 g/mol. The lowest BCUT2D eigenvalue weighted by Crippen LogP contribution is -2.29. The molecule has 0 N–H and O–H groups in total. The molecule has 4 heteroatoms. The number of rotatable bonds is 30. The molecule has 0 heterocycles. The third-order valence-corrected chi connectivity index (χ3v) is 8.85. The molecule has 0 aromatic heterocycles. The third-order valence-electron chi connectivity index (χ3n) is 8.85. The zero-order chi connectivity index (χ0) is 29.8. The fourth-order valence-electron chi connectivity index (χ4n) is 5.73. The minimum Gasteiger partial charge on any atom is -0.465 e. The van der Waals surface area contributed by atoms with Crippen LogP contribution < -0.4 is 0 Å². The normalized spacial score (nSPS) is 13.3. The maximum absolute atomic E-state index is 12.2. The molecule has 0 rings (SSSR count). The maximum Gasteiger partial charge on any atom is 0.305 e. The Bertz CT molecular complexity index is 558. The zero-order valence-corrected chi connectivity index (χ0v) is 28.0. The van der Waals surface area contributed by atoms with E-state index in [1.807, 2.05) is 0 Å². The molecule has 0 aliphatic carbocycles. The van der Waals surface area contributed by atoms with Gasteiger partial charge in [0.25, 0.3) is 0 Å². The number of carbonyl (C=O) groups is 2. The van der Waals surface area contributed by atoms with Crippen molar-refractivity contribution >= 4 is 12.3 Å². The summed E-state index contributed by atoms with van der Waals surface area (Å²) in [5.41, 5.74) is 0. The van der Waals surface area contributed by atoms with E-state index >= 15 is 0 Å². The molecule has 0 saturated heterocycles. The number of aldehydes is 1. The summed E-state index contributed by atoms with van der Waals surface area (Å²) < 4.78 is 5.64. The minimum absolute atomic E-state index is 0.00373. The molecule has 2 unspecified atom stereocenters. The van der Waals surface area contributed by atoms with Crippen molar-refractivity contribution in [2.24, 2.45) is 23.7 Å². The van der Waals surface area contributed by atoms with Crippen molar-refractivity contribution in [3.63, 3.8) is 0 Å². The van der Waals surface area contributed by atoms with Crippen LogP contribution in [0.3, 0.4) is 0 Å². The smallest absolute Gasteiger partial charge is 0.305 e. The topological polar surface area (TPSA) is 46.6 Å². The molecule has 0 aliphatic rings. The first-order valence-corrected chi connectivity index (χ1v) is 17.6. The van der Waals surface area contributed by atoms with Gasteiger partial charge in [0.1, 0.15) is 6.29 Å². The van der Waals surface area contributed by atoms with Crippen molar-refractivity contribution in [1.29, 1.82) is 0 Å². The van der Waals surface area contributed by atoms with Crippen molar-refractivity contribution in [2.75, 3.05) is 26.2 Å². The molecule has 0 bridgehead atoms. The van der Waals surface area contributed by atoms with Crippen LogP contribution in [0, 0.1) is 23.7 Å². The number of hydrogen-bond acceptors (Lipinski definition) is 4. The first-order valence-electron chi connectivity index (χ1n) is 17.6. The lowest BCUT2D eigenvalue weighted by atomic mass is 9.89. The number of nitrogens with zero attached hydrogens (tertiary/aromatic N) is 1. The molecule has 0 aliphatic heterocycles. The van der Waals surface area contributed by atoms with Crippen LogP contribution in [0.25, 0.3) is 0 Å². The second kappa shape index (κ2) is 28.2. The first kappa shape index (κ1) is 39.1. The highest BCUT2D eigenvalue weighted by atomic mass is 16.5. The van der Waals surface area contributed by atoms with E-state index in [1.165, 1.54) is 96.4 Å². The third kappa shape index (κ3) is 24.9. The highest BCUT2D eigenvalue weighted by molar-refractivity contribution is 5.69. The predicted molar refractivity (Wildman–Crippen MR) is 174 cm³/mol. The maximum atomic E-state index is 12.2. The Balaban J connectivity index is 3.94. The number of esters is 1. The summed E-state index contributed by atoms with van der Waals surface area (Å²) in [6.45, 7) is 17.8. The molecule has 0 aromatic carbocycles. The first-order chi connectivity index (χ1) is 19.3. The summed E-state index contributed by atoms with van der Waals surface area (Å²) >= 11 is 0. The molecule has 4 nitrogen and oxygen atoms in total.